The lowest BCUT2D eigenvalue weighted by molar-refractivity contribution is -0.153. The Hall–Kier alpha value is -1.31. The maximum absolute atomic E-state index is 12.2. The zero-order valence-corrected chi connectivity index (χ0v) is 11.5. The zero-order chi connectivity index (χ0) is 15.3. The van der Waals surface area contributed by atoms with E-state index in [1.807, 2.05) is 0 Å². The number of benzene rings is 1. The minimum atomic E-state index is -4.35. The highest BCUT2D eigenvalue weighted by Crippen LogP contribution is 2.22. The molecular weight excluding hydrogens is 285 g/mol. The van der Waals surface area contributed by atoms with Crippen LogP contribution in [0, 0.1) is 5.92 Å². The molecule has 4 nitrogen and oxygen atoms in total. The summed E-state index contributed by atoms with van der Waals surface area (Å²) in [5.74, 6) is 0.348. The van der Waals surface area contributed by atoms with Gasteiger partial charge in [0, 0.05) is 37.7 Å². The molecule has 1 fully saturated rings. The van der Waals surface area contributed by atoms with E-state index in [1.54, 1.807) is 18.2 Å². The van der Waals surface area contributed by atoms with Crippen LogP contribution < -0.4 is 15.4 Å². The van der Waals surface area contributed by atoms with Crippen molar-refractivity contribution in [2.75, 3.05) is 26.2 Å². The normalized spacial score (nSPS) is 22.5. The average Bonchev–Trinajstić information content (AvgIpc) is 2.82. The Morgan fingerprint density at radius 1 is 1.29 bits per heavy atom. The third-order valence-electron chi connectivity index (χ3n) is 3.39. The molecule has 0 aromatic heterocycles. The van der Waals surface area contributed by atoms with Crippen molar-refractivity contribution in [1.29, 1.82) is 0 Å². The number of para-hydroxylation sites is 1. The summed E-state index contributed by atoms with van der Waals surface area (Å²) in [4.78, 5) is 0. The second kappa shape index (κ2) is 7.11. The van der Waals surface area contributed by atoms with Gasteiger partial charge in [-0.15, -0.1) is 0 Å². The lowest BCUT2D eigenvalue weighted by Crippen LogP contribution is -2.30. The van der Waals surface area contributed by atoms with Gasteiger partial charge in [0.1, 0.15) is 5.75 Å². The van der Waals surface area contributed by atoms with Gasteiger partial charge in [-0.25, -0.2) is 0 Å². The molecule has 0 aliphatic carbocycles. The van der Waals surface area contributed by atoms with Crippen LogP contribution in [0.15, 0.2) is 24.3 Å². The van der Waals surface area contributed by atoms with Crippen LogP contribution in [-0.4, -0.2) is 43.6 Å². The Labute approximate surface area is 121 Å². The summed E-state index contributed by atoms with van der Waals surface area (Å²) in [7, 11) is 0. The second-order valence-electron chi connectivity index (χ2n) is 5.13. The molecule has 1 aliphatic heterocycles. The highest BCUT2D eigenvalue weighted by atomic mass is 19.4. The van der Waals surface area contributed by atoms with Crippen molar-refractivity contribution in [3.05, 3.63) is 29.8 Å². The minimum Gasteiger partial charge on any atom is -0.484 e. The van der Waals surface area contributed by atoms with Crippen LogP contribution in [0.25, 0.3) is 0 Å². The third kappa shape index (κ3) is 5.18. The van der Waals surface area contributed by atoms with E-state index in [4.69, 9.17) is 4.74 Å². The van der Waals surface area contributed by atoms with E-state index in [9.17, 15) is 18.3 Å². The van der Waals surface area contributed by atoms with Gasteiger partial charge in [-0.3, -0.25) is 0 Å². The molecule has 3 N–H and O–H groups in total. The molecule has 0 amide bonds. The van der Waals surface area contributed by atoms with E-state index in [0.717, 1.165) is 6.54 Å². The number of rotatable bonds is 6. The quantitative estimate of drug-likeness (QED) is 0.741. The molecule has 0 bridgehead atoms. The Bertz CT molecular complexity index is 454. The van der Waals surface area contributed by atoms with Gasteiger partial charge in [-0.1, -0.05) is 18.2 Å². The first-order valence-electron chi connectivity index (χ1n) is 6.82. The van der Waals surface area contributed by atoms with Crippen molar-refractivity contribution in [2.24, 2.45) is 5.92 Å². The highest BCUT2D eigenvalue weighted by Gasteiger charge is 2.29. The predicted molar refractivity (Wildman–Crippen MR) is 72.1 cm³/mol. The van der Waals surface area contributed by atoms with Crippen molar-refractivity contribution in [1.82, 2.24) is 10.6 Å². The third-order valence-corrected chi connectivity index (χ3v) is 3.39. The van der Waals surface area contributed by atoms with Gasteiger partial charge in [0.05, 0.1) is 6.10 Å². The molecule has 1 heterocycles. The smallest absolute Gasteiger partial charge is 0.422 e. The van der Waals surface area contributed by atoms with Crippen LogP contribution in [0.1, 0.15) is 5.56 Å². The van der Waals surface area contributed by atoms with Gasteiger partial charge in [0.2, 0.25) is 0 Å². The molecule has 0 saturated carbocycles. The lowest BCUT2D eigenvalue weighted by atomic mass is 10.1. The van der Waals surface area contributed by atoms with Crippen LogP contribution in [0.5, 0.6) is 5.75 Å². The van der Waals surface area contributed by atoms with Crippen molar-refractivity contribution in [2.45, 2.75) is 18.8 Å². The maximum atomic E-state index is 12.2. The van der Waals surface area contributed by atoms with Gasteiger partial charge in [0.25, 0.3) is 0 Å². The molecule has 7 heteroatoms. The molecule has 0 radical (unpaired) electrons. The number of aliphatic hydroxyl groups is 1. The van der Waals surface area contributed by atoms with Crippen LogP contribution in [0.2, 0.25) is 0 Å². The number of nitrogens with one attached hydrogen (secondary N) is 2. The summed E-state index contributed by atoms with van der Waals surface area (Å²) in [6, 6.07) is 6.64. The molecule has 2 rings (SSSR count). The lowest BCUT2D eigenvalue weighted by Gasteiger charge is -2.16. The van der Waals surface area contributed by atoms with Gasteiger partial charge in [0.15, 0.2) is 6.61 Å². The van der Waals surface area contributed by atoms with Gasteiger partial charge in [-0.05, 0) is 6.07 Å². The van der Waals surface area contributed by atoms with Crippen LogP contribution in [0.4, 0.5) is 13.2 Å². The summed E-state index contributed by atoms with van der Waals surface area (Å²) >= 11 is 0. The monoisotopic (exact) mass is 304 g/mol. The van der Waals surface area contributed by atoms with Crippen LogP contribution in [-0.2, 0) is 6.54 Å². The molecule has 1 aromatic carbocycles. The molecule has 2 atom stereocenters. The second-order valence-corrected chi connectivity index (χ2v) is 5.13. The molecular formula is C14H19F3N2O2. The fourth-order valence-electron chi connectivity index (χ4n) is 2.27. The summed E-state index contributed by atoms with van der Waals surface area (Å²) in [6.45, 7) is 1.02. The minimum absolute atomic E-state index is 0.119. The SMILES string of the molecule is OC1CNCC1CNCc1ccccc1OCC(F)(F)F. The Balaban J connectivity index is 1.84. The molecule has 1 aromatic rings. The standard InChI is InChI=1S/C14H19F3N2O2/c15-14(16,17)9-21-13-4-2-1-3-10(13)5-18-6-11-7-19-8-12(11)20/h1-4,11-12,18-20H,5-9H2. The van der Waals surface area contributed by atoms with Gasteiger partial charge < -0.3 is 20.5 Å². The van der Waals surface area contributed by atoms with E-state index in [2.05, 4.69) is 10.6 Å². The van der Waals surface area contributed by atoms with E-state index in [0.29, 0.717) is 25.2 Å². The molecule has 118 valence electrons. The fraction of sp³-hybridized carbons (Fsp3) is 0.571. The average molecular weight is 304 g/mol. The first-order chi connectivity index (χ1) is 9.96. The number of aliphatic hydroxyl groups excluding tert-OH is 1. The summed E-state index contributed by atoms with van der Waals surface area (Å²) in [5, 5.41) is 15.9. The number of β-amino-alcohol motifs (C(OH)–C–C–N with tert-alkyl or cyclic N) is 1. The predicted octanol–water partition coefficient (Wildman–Crippen LogP) is 1.30. The van der Waals surface area contributed by atoms with E-state index in [-0.39, 0.29) is 17.8 Å². The number of alkyl halides is 3. The van der Waals surface area contributed by atoms with Crippen LogP contribution in [0.3, 0.4) is 0 Å². The van der Waals surface area contributed by atoms with Crippen molar-refractivity contribution in [3.63, 3.8) is 0 Å². The first kappa shape index (κ1) is 16.1. The first-order valence-corrected chi connectivity index (χ1v) is 6.82. The fourth-order valence-corrected chi connectivity index (χ4v) is 2.27. The molecule has 21 heavy (non-hydrogen) atoms. The molecule has 0 spiro atoms. The summed E-state index contributed by atoms with van der Waals surface area (Å²) < 4.78 is 41.4. The maximum Gasteiger partial charge on any atom is 0.422 e. The van der Waals surface area contributed by atoms with Gasteiger partial charge in [-0.2, -0.15) is 13.2 Å². The Morgan fingerprint density at radius 3 is 2.71 bits per heavy atom. The van der Waals surface area contributed by atoms with E-state index in [1.165, 1.54) is 6.07 Å². The number of ether oxygens (including phenoxy) is 1. The number of halogens is 3. The van der Waals surface area contributed by atoms with E-state index < -0.39 is 12.8 Å². The van der Waals surface area contributed by atoms with Crippen LogP contribution >= 0.6 is 0 Å². The van der Waals surface area contributed by atoms with Crippen molar-refractivity contribution in [3.8, 4) is 5.75 Å². The number of hydrogen-bond donors (Lipinski definition) is 3. The highest BCUT2D eigenvalue weighted by molar-refractivity contribution is 5.33. The summed E-state index contributed by atoms with van der Waals surface area (Å²) in [5.41, 5.74) is 0.669. The van der Waals surface area contributed by atoms with Crippen molar-refractivity contribution < 1.29 is 23.0 Å². The Morgan fingerprint density at radius 2 is 2.05 bits per heavy atom. The molecule has 1 aliphatic rings. The Kier molecular flexibility index (Phi) is 5.44. The molecule has 2 unspecified atom stereocenters. The molecule has 1 saturated heterocycles. The largest absolute Gasteiger partial charge is 0.484 e. The summed E-state index contributed by atoms with van der Waals surface area (Å²) in [6.07, 6.45) is -4.73. The van der Waals surface area contributed by atoms with E-state index >= 15 is 0 Å². The van der Waals surface area contributed by atoms with Gasteiger partial charge >= 0.3 is 6.18 Å². The van der Waals surface area contributed by atoms with Crippen molar-refractivity contribution >= 4 is 0 Å². The zero-order valence-electron chi connectivity index (χ0n) is 11.5. The number of hydrogen-bond acceptors (Lipinski definition) is 4. The topological polar surface area (TPSA) is 53.5 Å².